The predicted molar refractivity (Wildman–Crippen MR) is 61.1 cm³/mol. The topological polar surface area (TPSA) is 45.1 Å². The zero-order chi connectivity index (χ0) is 10.7. The van der Waals surface area contributed by atoms with Gasteiger partial charge >= 0.3 is 0 Å². The molecular weight excluding hydrogens is 212 g/mol. The molecular formula is C11H15ClN2O. The van der Waals surface area contributed by atoms with E-state index >= 15 is 0 Å². The van der Waals surface area contributed by atoms with Crippen LogP contribution < -0.4 is 5.32 Å². The van der Waals surface area contributed by atoms with Gasteiger partial charge in [0.25, 0.3) is 0 Å². The Kier molecular flexibility index (Phi) is 3.44. The maximum Gasteiger partial charge on any atom is 0.131 e. The smallest absolute Gasteiger partial charge is 0.131 e. The highest BCUT2D eigenvalue weighted by atomic mass is 35.5. The second-order valence-corrected chi connectivity index (χ2v) is 4.39. The Hall–Kier alpha value is -0.800. The first-order valence-electron chi connectivity index (χ1n) is 5.29. The maximum atomic E-state index is 9.64. The molecule has 4 heteroatoms. The highest BCUT2D eigenvalue weighted by Gasteiger charge is 2.24. The van der Waals surface area contributed by atoms with Crippen molar-refractivity contribution in [3.8, 4) is 0 Å². The minimum Gasteiger partial charge on any atom is -0.393 e. The number of halogens is 1. The molecule has 0 radical (unpaired) electrons. The zero-order valence-corrected chi connectivity index (χ0v) is 9.24. The molecule has 0 spiro atoms. The summed E-state index contributed by atoms with van der Waals surface area (Å²) in [5, 5.41) is 13.4. The SMILES string of the molecule is OC1CCCC1CNc1ccnc(Cl)c1. The number of aliphatic hydroxyl groups excluding tert-OH is 1. The van der Waals surface area contributed by atoms with E-state index in [9.17, 15) is 5.11 Å². The molecule has 2 rings (SSSR count). The minimum absolute atomic E-state index is 0.144. The largest absolute Gasteiger partial charge is 0.393 e. The van der Waals surface area contributed by atoms with Crippen molar-refractivity contribution < 1.29 is 5.11 Å². The van der Waals surface area contributed by atoms with E-state index in [2.05, 4.69) is 10.3 Å². The molecule has 1 heterocycles. The fraction of sp³-hybridized carbons (Fsp3) is 0.545. The maximum absolute atomic E-state index is 9.64. The van der Waals surface area contributed by atoms with E-state index in [1.165, 1.54) is 0 Å². The van der Waals surface area contributed by atoms with E-state index in [0.717, 1.165) is 31.5 Å². The Morgan fingerprint density at radius 3 is 3.07 bits per heavy atom. The van der Waals surface area contributed by atoms with Gasteiger partial charge in [-0.2, -0.15) is 0 Å². The molecule has 1 saturated carbocycles. The number of pyridine rings is 1. The quantitative estimate of drug-likeness (QED) is 0.778. The second kappa shape index (κ2) is 4.81. The van der Waals surface area contributed by atoms with Crippen molar-refractivity contribution in [1.82, 2.24) is 4.98 Å². The summed E-state index contributed by atoms with van der Waals surface area (Å²) >= 11 is 5.77. The van der Waals surface area contributed by atoms with E-state index < -0.39 is 0 Å². The van der Waals surface area contributed by atoms with Gasteiger partial charge < -0.3 is 10.4 Å². The van der Waals surface area contributed by atoms with Crippen LogP contribution in [0.25, 0.3) is 0 Å². The van der Waals surface area contributed by atoms with Crippen molar-refractivity contribution in [3.05, 3.63) is 23.5 Å². The number of nitrogens with zero attached hydrogens (tertiary/aromatic N) is 1. The third-order valence-electron chi connectivity index (χ3n) is 2.91. The highest BCUT2D eigenvalue weighted by molar-refractivity contribution is 6.29. The molecule has 0 amide bonds. The van der Waals surface area contributed by atoms with Crippen LogP contribution >= 0.6 is 11.6 Å². The number of anilines is 1. The Morgan fingerprint density at radius 2 is 2.40 bits per heavy atom. The standard InChI is InChI=1S/C11H15ClN2O/c12-11-6-9(4-5-13-11)14-7-8-2-1-3-10(8)15/h4-6,8,10,15H,1-3,7H2,(H,13,14). The lowest BCUT2D eigenvalue weighted by Crippen LogP contribution is -2.21. The van der Waals surface area contributed by atoms with Crippen molar-refractivity contribution in [1.29, 1.82) is 0 Å². The summed E-state index contributed by atoms with van der Waals surface area (Å²) in [5.41, 5.74) is 0.967. The van der Waals surface area contributed by atoms with Crippen LogP contribution in [0.2, 0.25) is 5.15 Å². The van der Waals surface area contributed by atoms with E-state index in [1.54, 1.807) is 12.3 Å². The van der Waals surface area contributed by atoms with E-state index in [-0.39, 0.29) is 6.10 Å². The van der Waals surface area contributed by atoms with Crippen molar-refractivity contribution in [2.75, 3.05) is 11.9 Å². The van der Waals surface area contributed by atoms with Crippen LogP contribution in [0, 0.1) is 5.92 Å². The summed E-state index contributed by atoms with van der Waals surface area (Å²) in [5.74, 6) is 0.372. The van der Waals surface area contributed by atoms with Gasteiger partial charge in [0.15, 0.2) is 0 Å². The first-order valence-corrected chi connectivity index (χ1v) is 5.67. The van der Waals surface area contributed by atoms with Crippen molar-refractivity contribution in [3.63, 3.8) is 0 Å². The number of aliphatic hydroxyl groups is 1. The number of rotatable bonds is 3. The number of aromatic nitrogens is 1. The fourth-order valence-electron chi connectivity index (χ4n) is 2.02. The number of hydrogen-bond acceptors (Lipinski definition) is 3. The molecule has 2 N–H and O–H groups in total. The summed E-state index contributed by atoms with van der Waals surface area (Å²) in [6.07, 6.45) is 4.70. The molecule has 0 saturated heterocycles. The van der Waals surface area contributed by atoms with Gasteiger partial charge in [0.05, 0.1) is 6.10 Å². The lowest BCUT2D eigenvalue weighted by molar-refractivity contribution is 0.138. The van der Waals surface area contributed by atoms with Crippen LogP contribution in [-0.4, -0.2) is 22.7 Å². The van der Waals surface area contributed by atoms with Gasteiger partial charge in [-0.3, -0.25) is 0 Å². The van der Waals surface area contributed by atoms with Gasteiger partial charge in [0.1, 0.15) is 5.15 Å². The summed E-state index contributed by atoms with van der Waals surface area (Å²) in [7, 11) is 0. The molecule has 0 aromatic carbocycles. The predicted octanol–water partition coefficient (Wildman–Crippen LogP) is 2.31. The lowest BCUT2D eigenvalue weighted by atomic mass is 10.1. The molecule has 1 aliphatic rings. The lowest BCUT2D eigenvalue weighted by Gasteiger charge is -2.15. The van der Waals surface area contributed by atoms with Crippen molar-refractivity contribution in [2.24, 2.45) is 5.92 Å². The summed E-state index contributed by atoms with van der Waals surface area (Å²) < 4.78 is 0. The molecule has 1 aromatic heterocycles. The highest BCUT2D eigenvalue weighted by Crippen LogP contribution is 2.25. The van der Waals surface area contributed by atoms with Gasteiger partial charge in [0.2, 0.25) is 0 Å². The molecule has 1 aromatic rings. The fourth-order valence-corrected chi connectivity index (χ4v) is 2.19. The van der Waals surface area contributed by atoms with Crippen LogP contribution in [0.3, 0.4) is 0 Å². The summed E-state index contributed by atoms with van der Waals surface area (Å²) in [4.78, 5) is 3.91. The third-order valence-corrected chi connectivity index (χ3v) is 3.12. The van der Waals surface area contributed by atoms with Gasteiger partial charge in [-0.25, -0.2) is 4.98 Å². The summed E-state index contributed by atoms with van der Waals surface area (Å²) in [6.45, 7) is 0.807. The Labute approximate surface area is 94.5 Å². The molecule has 82 valence electrons. The average molecular weight is 227 g/mol. The molecule has 2 atom stereocenters. The average Bonchev–Trinajstić information content (AvgIpc) is 2.61. The summed E-state index contributed by atoms with van der Waals surface area (Å²) in [6, 6.07) is 3.68. The van der Waals surface area contributed by atoms with Gasteiger partial charge in [-0.05, 0) is 25.0 Å². The zero-order valence-electron chi connectivity index (χ0n) is 8.49. The molecule has 1 fully saturated rings. The molecule has 0 aliphatic heterocycles. The Balaban J connectivity index is 1.87. The van der Waals surface area contributed by atoms with Gasteiger partial charge in [-0.15, -0.1) is 0 Å². The minimum atomic E-state index is -0.144. The molecule has 3 nitrogen and oxygen atoms in total. The van der Waals surface area contributed by atoms with Gasteiger partial charge in [0, 0.05) is 24.3 Å². The monoisotopic (exact) mass is 226 g/mol. The van der Waals surface area contributed by atoms with Crippen molar-refractivity contribution >= 4 is 17.3 Å². The molecule has 1 aliphatic carbocycles. The van der Waals surface area contributed by atoms with Crippen LogP contribution in [0.5, 0.6) is 0 Å². The Bertz CT molecular complexity index is 332. The molecule has 15 heavy (non-hydrogen) atoms. The number of hydrogen-bond donors (Lipinski definition) is 2. The van der Waals surface area contributed by atoms with Crippen LogP contribution in [-0.2, 0) is 0 Å². The van der Waals surface area contributed by atoms with Gasteiger partial charge in [-0.1, -0.05) is 18.0 Å². The van der Waals surface area contributed by atoms with Crippen LogP contribution in [0.15, 0.2) is 18.3 Å². The van der Waals surface area contributed by atoms with Crippen molar-refractivity contribution in [2.45, 2.75) is 25.4 Å². The first-order chi connectivity index (χ1) is 7.25. The van der Waals surface area contributed by atoms with E-state index in [0.29, 0.717) is 11.1 Å². The van der Waals surface area contributed by atoms with Crippen LogP contribution in [0.4, 0.5) is 5.69 Å². The van der Waals surface area contributed by atoms with E-state index in [1.807, 2.05) is 6.07 Å². The first kappa shape index (κ1) is 10.7. The molecule has 2 unspecified atom stereocenters. The van der Waals surface area contributed by atoms with Crippen LogP contribution in [0.1, 0.15) is 19.3 Å². The third kappa shape index (κ3) is 2.83. The Morgan fingerprint density at radius 1 is 1.53 bits per heavy atom. The normalized spacial score (nSPS) is 25.5. The van der Waals surface area contributed by atoms with E-state index in [4.69, 9.17) is 11.6 Å². The second-order valence-electron chi connectivity index (χ2n) is 4.01. The molecule has 0 bridgehead atoms. The number of nitrogens with one attached hydrogen (secondary N) is 1.